The monoisotopic (exact) mass is 342 g/mol. The number of thioether (sulfide) groups is 1. The van der Waals surface area contributed by atoms with Gasteiger partial charge in [-0.2, -0.15) is 8.78 Å². The number of nitrogens with zero attached hydrogens (tertiary/aromatic N) is 1. The van der Waals surface area contributed by atoms with E-state index in [9.17, 15) is 28.1 Å². The molecule has 0 spiro atoms. The van der Waals surface area contributed by atoms with E-state index < -0.39 is 22.4 Å². The highest BCUT2D eigenvalue weighted by atomic mass is 32.2. The lowest BCUT2D eigenvalue weighted by Crippen LogP contribution is -2.13. The van der Waals surface area contributed by atoms with Crippen LogP contribution in [0.4, 0.5) is 24.5 Å². The Morgan fingerprint density at radius 1 is 1.17 bits per heavy atom. The summed E-state index contributed by atoms with van der Waals surface area (Å²) in [5.74, 6) is -4.11. The van der Waals surface area contributed by atoms with Crippen LogP contribution in [0.25, 0.3) is 0 Å². The van der Waals surface area contributed by atoms with Gasteiger partial charge < -0.3 is 5.32 Å². The van der Waals surface area contributed by atoms with Crippen molar-refractivity contribution < 1.29 is 22.9 Å². The Balaban J connectivity index is 2.15. The summed E-state index contributed by atoms with van der Waals surface area (Å²) in [6.45, 7) is 0. The van der Waals surface area contributed by atoms with Gasteiger partial charge in [-0.05, 0) is 30.3 Å². The minimum atomic E-state index is -2.58. The van der Waals surface area contributed by atoms with Crippen molar-refractivity contribution in [2.24, 2.45) is 0 Å². The quantitative estimate of drug-likeness (QED) is 0.499. The molecule has 0 aliphatic heterocycles. The van der Waals surface area contributed by atoms with Crippen LogP contribution < -0.4 is 5.32 Å². The molecule has 2 aromatic carbocycles. The lowest BCUT2D eigenvalue weighted by Gasteiger charge is -2.07. The number of non-ortho nitro benzene ring substituents is 1. The van der Waals surface area contributed by atoms with Gasteiger partial charge in [-0.25, -0.2) is 4.39 Å². The zero-order chi connectivity index (χ0) is 17.0. The molecule has 0 heterocycles. The summed E-state index contributed by atoms with van der Waals surface area (Å²) in [7, 11) is 0. The molecule has 5 nitrogen and oxygen atoms in total. The summed E-state index contributed by atoms with van der Waals surface area (Å²) in [5, 5.41) is 12.9. The van der Waals surface area contributed by atoms with Crippen molar-refractivity contribution in [3.05, 3.63) is 64.0 Å². The first kappa shape index (κ1) is 16.8. The molecule has 0 radical (unpaired) electrons. The van der Waals surface area contributed by atoms with Crippen LogP contribution in [-0.4, -0.2) is 16.6 Å². The van der Waals surface area contributed by atoms with Crippen molar-refractivity contribution in [1.82, 2.24) is 0 Å². The second-order valence-electron chi connectivity index (χ2n) is 4.28. The fourth-order valence-electron chi connectivity index (χ4n) is 1.70. The summed E-state index contributed by atoms with van der Waals surface area (Å²) in [6, 6.07) is 8.00. The van der Waals surface area contributed by atoms with Crippen molar-refractivity contribution in [2.75, 3.05) is 5.32 Å². The number of hydrogen-bond donors (Lipinski definition) is 1. The molecule has 2 aromatic rings. The highest BCUT2D eigenvalue weighted by Gasteiger charge is 2.14. The number of amides is 1. The Morgan fingerprint density at radius 3 is 2.39 bits per heavy atom. The van der Waals surface area contributed by atoms with Crippen molar-refractivity contribution in [3.8, 4) is 0 Å². The first-order valence-corrected chi connectivity index (χ1v) is 7.05. The lowest BCUT2D eigenvalue weighted by atomic mass is 10.2. The number of rotatable bonds is 5. The van der Waals surface area contributed by atoms with Gasteiger partial charge in [-0.1, -0.05) is 11.8 Å². The molecule has 0 saturated carbocycles. The average molecular weight is 342 g/mol. The van der Waals surface area contributed by atoms with Gasteiger partial charge in [0, 0.05) is 22.6 Å². The van der Waals surface area contributed by atoms with Gasteiger partial charge in [0.05, 0.1) is 10.6 Å². The normalized spacial score (nSPS) is 10.6. The van der Waals surface area contributed by atoms with E-state index in [-0.39, 0.29) is 21.8 Å². The average Bonchev–Trinajstić information content (AvgIpc) is 2.49. The van der Waals surface area contributed by atoms with E-state index >= 15 is 0 Å². The zero-order valence-corrected chi connectivity index (χ0v) is 12.1. The predicted molar refractivity (Wildman–Crippen MR) is 79.3 cm³/mol. The Hall–Kier alpha value is -2.55. The van der Waals surface area contributed by atoms with E-state index in [1.54, 1.807) is 0 Å². The summed E-state index contributed by atoms with van der Waals surface area (Å²) >= 11 is 0.330. The fraction of sp³-hybridized carbons (Fsp3) is 0.0714. The SMILES string of the molecule is O=C(Nc1cc([N+](=O)[O-])ccc1F)c1ccc(SC(F)F)cc1. The fourth-order valence-corrected chi connectivity index (χ4v) is 2.20. The maximum atomic E-state index is 13.6. The van der Waals surface area contributed by atoms with E-state index in [1.807, 2.05) is 0 Å². The molecule has 1 N–H and O–H groups in total. The van der Waals surface area contributed by atoms with Crippen LogP contribution in [-0.2, 0) is 0 Å². The molecule has 9 heteroatoms. The van der Waals surface area contributed by atoms with E-state index in [4.69, 9.17) is 0 Å². The van der Waals surface area contributed by atoms with E-state index in [0.717, 1.165) is 18.2 Å². The Kier molecular flexibility index (Phi) is 5.22. The second kappa shape index (κ2) is 7.14. The number of nitrogens with one attached hydrogen (secondary N) is 1. The van der Waals surface area contributed by atoms with E-state index in [0.29, 0.717) is 11.8 Å². The second-order valence-corrected chi connectivity index (χ2v) is 5.34. The molecule has 0 aromatic heterocycles. The standard InChI is InChI=1S/C14H9F3N2O3S/c15-11-6-3-9(19(21)22)7-12(11)18-13(20)8-1-4-10(5-2-8)23-14(16)17/h1-7,14H,(H,18,20). The van der Waals surface area contributed by atoms with Crippen LogP contribution in [0.5, 0.6) is 0 Å². The molecule has 0 saturated heterocycles. The van der Waals surface area contributed by atoms with Crippen molar-refractivity contribution in [2.45, 2.75) is 10.7 Å². The third kappa shape index (κ3) is 4.46. The van der Waals surface area contributed by atoms with Crippen molar-refractivity contribution in [1.29, 1.82) is 0 Å². The topological polar surface area (TPSA) is 72.2 Å². The van der Waals surface area contributed by atoms with Crippen molar-refractivity contribution >= 4 is 29.0 Å². The molecule has 23 heavy (non-hydrogen) atoms. The largest absolute Gasteiger partial charge is 0.319 e. The highest BCUT2D eigenvalue weighted by molar-refractivity contribution is 7.99. The van der Waals surface area contributed by atoms with Crippen LogP contribution in [0.15, 0.2) is 47.4 Å². The molecule has 120 valence electrons. The molecule has 0 aliphatic rings. The Morgan fingerprint density at radius 2 is 1.83 bits per heavy atom. The van der Waals surface area contributed by atoms with Crippen LogP contribution in [0, 0.1) is 15.9 Å². The van der Waals surface area contributed by atoms with Gasteiger partial charge in [0.25, 0.3) is 17.4 Å². The van der Waals surface area contributed by atoms with Crippen LogP contribution in [0.2, 0.25) is 0 Å². The number of carbonyl (C=O) groups excluding carboxylic acids is 1. The molecule has 0 unspecified atom stereocenters. The summed E-state index contributed by atoms with van der Waals surface area (Å²) in [4.78, 5) is 22.2. The molecule has 2 rings (SSSR count). The molecule has 1 amide bonds. The van der Waals surface area contributed by atoms with Gasteiger partial charge in [0.1, 0.15) is 5.82 Å². The molecule has 0 atom stereocenters. The first-order valence-electron chi connectivity index (χ1n) is 6.17. The first-order chi connectivity index (χ1) is 10.9. The zero-order valence-electron chi connectivity index (χ0n) is 11.3. The van der Waals surface area contributed by atoms with Crippen LogP contribution in [0.3, 0.4) is 0 Å². The summed E-state index contributed by atoms with van der Waals surface area (Å²) in [6.07, 6.45) is 0. The van der Waals surface area contributed by atoms with E-state index in [1.165, 1.54) is 24.3 Å². The third-order valence-corrected chi connectivity index (χ3v) is 3.47. The van der Waals surface area contributed by atoms with E-state index in [2.05, 4.69) is 5.32 Å². The minimum Gasteiger partial charge on any atom is -0.319 e. The number of hydrogen-bond acceptors (Lipinski definition) is 4. The molecule has 0 fully saturated rings. The molecule has 0 aliphatic carbocycles. The Labute approximate surface area is 132 Å². The van der Waals surface area contributed by atoms with Gasteiger partial charge >= 0.3 is 0 Å². The molecule has 0 bridgehead atoms. The lowest BCUT2D eigenvalue weighted by molar-refractivity contribution is -0.384. The van der Waals surface area contributed by atoms with Crippen molar-refractivity contribution in [3.63, 3.8) is 0 Å². The van der Waals surface area contributed by atoms with Gasteiger partial charge in [-0.15, -0.1) is 0 Å². The number of nitro benzene ring substituents is 1. The predicted octanol–water partition coefficient (Wildman–Crippen LogP) is 4.30. The van der Waals surface area contributed by atoms with Gasteiger partial charge in [0.2, 0.25) is 0 Å². The van der Waals surface area contributed by atoms with Gasteiger partial charge in [0.15, 0.2) is 0 Å². The summed E-state index contributed by atoms with van der Waals surface area (Å²) in [5.41, 5.74) is -0.602. The van der Waals surface area contributed by atoms with Crippen LogP contribution in [0.1, 0.15) is 10.4 Å². The number of anilines is 1. The van der Waals surface area contributed by atoms with Crippen LogP contribution >= 0.6 is 11.8 Å². The minimum absolute atomic E-state index is 0.106. The molecular weight excluding hydrogens is 333 g/mol. The maximum Gasteiger partial charge on any atom is 0.288 e. The number of nitro groups is 1. The molecular formula is C14H9F3N2O3S. The van der Waals surface area contributed by atoms with Gasteiger partial charge in [-0.3, -0.25) is 14.9 Å². The Bertz CT molecular complexity index is 739. The number of benzene rings is 2. The maximum absolute atomic E-state index is 13.6. The third-order valence-electron chi connectivity index (χ3n) is 2.75. The highest BCUT2D eigenvalue weighted by Crippen LogP contribution is 2.26. The number of halogens is 3. The summed E-state index contributed by atoms with van der Waals surface area (Å²) < 4.78 is 38.0. The number of carbonyl (C=O) groups is 1. The smallest absolute Gasteiger partial charge is 0.288 e. The number of alkyl halides is 2.